The Morgan fingerprint density at radius 2 is 2.11 bits per heavy atom. The highest BCUT2D eigenvalue weighted by atomic mass is 19.1. The Balaban J connectivity index is 1.54. The van der Waals surface area contributed by atoms with Crippen molar-refractivity contribution >= 4 is 17.4 Å². The molecule has 2 heterocycles. The molecule has 0 spiro atoms. The third kappa shape index (κ3) is 3.32. The van der Waals surface area contributed by atoms with Crippen molar-refractivity contribution in [3.63, 3.8) is 0 Å². The number of hydrogen-bond donors (Lipinski definition) is 0. The second-order valence-electron chi connectivity index (χ2n) is 6.15. The SMILES string of the molecule is CN1C(=O)COc2ccc(C(=O)COc3ccc(F)cc3-c3ccno3)cc21. The minimum Gasteiger partial charge on any atom is -0.485 e. The van der Waals surface area contributed by atoms with E-state index < -0.39 is 5.82 Å². The second kappa shape index (κ2) is 7.15. The number of ketones is 1. The molecule has 0 atom stereocenters. The molecule has 0 saturated carbocycles. The molecule has 28 heavy (non-hydrogen) atoms. The first-order chi connectivity index (χ1) is 13.5. The van der Waals surface area contributed by atoms with Crippen LogP contribution in [0.15, 0.2) is 53.2 Å². The number of likely N-dealkylation sites (N-methyl/N-ethyl adjacent to an activating group) is 1. The summed E-state index contributed by atoms with van der Waals surface area (Å²) in [6, 6.07) is 10.3. The van der Waals surface area contributed by atoms with Crippen LogP contribution in [0.1, 0.15) is 10.4 Å². The van der Waals surface area contributed by atoms with E-state index in [4.69, 9.17) is 14.0 Å². The fourth-order valence-corrected chi connectivity index (χ4v) is 2.85. The number of fused-ring (bicyclic) bond motifs is 1. The molecule has 0 radical (unpaired) electrons. The van der Waals surface area contributed by atoms with Crippen molar-refractivity contribution in [2.24, 2.45) is 0 Å². The van der Waals surface area contributed by atoms with Crippen molar-refractivity contribution in [2.45, 2.75) is 0 Å². The van der Waals surface area contributed by atoms with Gasteiger partial charge in [-0.3, -0.25) is 9.59 Å². The molecule has 8 heteroatoms. The average Bonchev–Trinajstić information content (AvgIpc) is 3.24. The summed E-state index contributed by atoms with van der Waals surface area (Å²) < 4.78 is 29.6. The third-order valence-electron chi connectivity index (χ3n) is 4.37. The number of carbonyl (C=O) groups excluding carboxylic acids is 2. The summed E-state index contributed by atoms with van der Waals surface area (Å²) in [4.78, 5) is 25.8. The van der Waals surface area contributed by atoms with Crippen molar-refractivity contribution in [3.8, 4) is 22.8 Å². The molecule has 2 aromatic carbocycles. The summed E-state index contributed by atoms with van der Waals surface area (Å²) in [5, 5.41) is 3.60. The van der Waals surface area contributed by atoms with Crippen molar-refractivity contribution < 1.29 is 28.0 Å². The van der Waals surface area contributed by atoms with Crippen LogP contribution in [-0.4, -0.2) is 37.1 Å². The number of rotatable bonds is 5. The topological polar surface area (TPSA) is 81.9 Å². The molecule has 0 N–H and O–H groups in total. The Morgan fingerprint density at radius 3 is 2.89 bits per heavy atom. The molecular formula is C20H15FN2O5. The Kier molecular flexibility index (Phi) is 4.52. The van der Waals surface area contributed by atoms with Crippen LogP contribution in [0.3, 0.4) is 0 Å². The Hall–Kier alpha value is -3.68. The maximum absolute atomic E-state index is 13.6. The van der Waals surface area contributed by atoms with Gasteiger partial charge in [0.25, 0.3) is 5.91 Å². The zero-order valence-corrected chi connectivity index (χ0v) is 14.8. The van der Waals surface area contributed by atoms with Crippen LogP contribution >= 0.6 is 0 Å². The number of amides is 1. The van der Waals surface area contributed by atoms with E-state index in [1.54, 1.807) is 31.3 Å². The molecule has 142 valence electrons. The lowest BCUT2D eigenvalue weighted by atomic mass is 10.1. The van der Waals surface area contributed by atoms with Gasteiger partial charge in [-0.25, -0.2) is 4.39 Å². The summed E-state index contributed by atoms with van der Waals surface area (Å²) in [6.45, 7) is -0.307. The normalized spacial score (nSPS) is 13.1. The Bertz CT molecular complexity index is 1050. The number of halogens is 1. The monoisotopic (exact) mass is 382 g/mol. The standard InChI is InChI=1S/C20H15FN2O5/c1-23-15-8-12(2-4-19(15)27-11-20(23)25)16(24)10-26-17-5-3-13(21)9-14(17)18-6-7-22-28-18/h2-9H,10-11H2,1H3. The van der Waals surface area contributed by atoms with Gasteiger partial charge in [0.1, 0.15) is 17.3 Å². The average molecular weight is 382 g/mol. The number of benzene rings is 2. The summed E-state index contributed by atoms with van der Waals surface area (Å²) in [7, 11) is 1.62. The van der Waals surface area contributed by atoms with Gasteiger partial charge in [0, 0.05) is 18.7 Å². The van der Waals surface area contributed by atoms with Gasteiger partial charge in [-0.1, -0.05) is 5.16 Å². The molecule has 0 aliphatic carbocycles. The van der Waals surface area contributed by atoms with Crippen LogP contribution in [-0.2, 0) is 4.79 Å². The number of carbonyl (C=O) groups is 2. The fraction of sp³-hybridized carbons (Fsp3) is 0.150. The molecule has 1 aliphatic rings. The summed E-state index contributed by atoms with van der Waals surface area (Å²) in [5.41, 5.74) is 1.24. The molecule has 0 unspecified atom stereocenters. The lowest BCUT2D eigenvalue weighted by Gasteiger charge is -2.26. The molecule has 1 amide bonds. The van der Waals surface area contributed by atoms with Gasteiger partial charge >= 0.3 is 0 Å². The number of ether oxygens (including phenoxy) is 2. The maximum Gasteiger partial charge on any atom is 0.264 e. The van der Waals surface area contributed by atoms with Crippen LogP contribution in [0.25, 0.3) is 11.3 Å². The molecular weight excluding hydrogens is 367 g/mol. The second-order valence-corrected chi connectivity index (χ2v) is 6.15. The van der Waals surface area contributed by atoms with E-state index in [2.05, 4.69) is 5.16 Å². The smallest absolute Gasteiger partial charge is 0.264 e. The van der Waals surface area contributed by atoms with Crippen LogP contribution in [0, 0.1) is 5.82 Å². The van der Waals surface area contributed by atoms with Crippen LogP contribution in [0.2, 0.25) is 0 Å². The Morgan fingerprint density at radius 1 is 1.25 bits per heavy atom. The van der Waals surface area contributed by atoms with Crippen molar-refractivity contribution in [3.05, 3.63) is 60.0 Å². The van der Waals surface area contributed by atoms with Crippen LogP contribution in [0.4, 0.5) is 10.1 Å². The largest absolute Gasteiger partial charge is 0.485 e. The lowest BCUT2D eigenvalue weighted by Crippen LogP contribution is -2.35. The zero-order valence-electron chi connectivity index (χ0n) is 14.8. The predicted octanol–water partition coefficient (Wildman–Crippen LogP) is 3.10. The van der Waals surface area contributed by atoms with Gasteiger partial charge in [-0.15, -0.1) is 0 Å². The van der Waals surface area contributed by atoms with Crippen molar-refractivity contribution in [1.82, 2.24) is 5.16 Å². The summed E-state index contributed by atoms with van der Waals surface area (Å²) >= 11 is 0. The maximum atomic E-state index is 13.6. The molecule has 3 aromatic rings. The summed E-state index contributed by atoms with van der Waals surface area (Å²) in [5.74, 6) is 0.185. The molecule has 0 bridgehead atoms. The third-order valence-corrected chi connectivity index (χ3v) is 4.37. The van der Waals surface area contributed by atoms with E-state index in [1.165, 1.54) is 29.3 Å². The number of aromatic nitrogens is 1. The van der Waals surface area contributed by atoms with E-state index in [0.29, 0.717) is 34.1 Å². The van der Waals surface area contributed by atoms with Crippen LogP contribution in [0.5, 0.6) is 11.5 Å². The predicted molar refractivity (Wildman–Crippen MR) is 97.1 cm³/mol. The lowest BCUT2D eigenvalue weighted by molar-refractivity contribution is -0.120. The van der Waals surface area contributed by atoms with Gasteiger partial charge in [0.2, 0.25) is 0 Å². The van der Waals surface area contributed by atoms with Crippen molar-refractivity contribution in [2.75, 3.05) is 25.2 Å². The van der Waals surface area contributed by atoms with Crippen molar-refractivity contribution in [1.29, 1.82) is 0 Å². The number of hydrogen-bond acceptors (Lipinski definition) is 6. The molecule has 0 fully saturated rings. The van der Waals surface area contributed by atoms with E-state index >= 15 is 0 Å². The fourth-order valence-electron chi connectivity index (χ4n) is 2.85. The van der Waals surface area contributed by atoms with Gasteiger partial charge in [-0.2, -0.15) is 0 Å². The number of nitrogens with zero attached hydrogens (tertiary/aromatic N) is 2. The number of anilines is 1. The highest BCUT2D eigenvalue weighted by molar-refractivity contribution is 6.02. The first kappa shape index (κ1) is 17.7. The molecule has 1 aromatic heterocycles. The summed E-state index contributed by atoms with van der Waals surface area (Å²) in [6.07, 6.45) is 1.43. The number of Topliss-reactive ketones (excluding diaryl/α,β-unsaturated/α-hetero) is 1. The Labute approximate surface area is 159 Å². The van der Waals surface area contributed by atoms with Gasteiger partial charge in [-0.05, 0) is 36.4 Å². The van der Waals surface area contributed by atoms with E-state index in [-0.39, 0.29) is 24.9 Å². The molecule has 7 nitrogen and oxygen atoms in total. The molecule has 4 rings (SSSR count). The highest BCUT2D eigenvalue weighted by Crippen LogP contribution is 2.33. The van der Waals surface area contributed by atoms with Gasteiger partial charge < -0.3 is 18.9 Å². The van der Waals surface area contributed by atoms with E-state index in [1.807, 2.05) is 0 Å². The first-order valence-corrected chi connectivity index (χ1v) is 8.43. The van der Waals surface area contributed by atoms with E-state index in [9.17, 15) is 14.0 Å². The minimum absolute atomic E-state index is 0.0329. The highest BCUT2D eigenvalue weighted by Gasteiger charge is 2.23. The minimum atomic E-state index is -0.465. The molecule has 1 aliphatic heterocycles. The first-order valence-electron chi connectivity index (χ1n) is 8.43. The van der Waals surface area contributed by atoms with Crippen LogP contribution < -0.4 is 14.4 Å². The van der Waals surface area contributed by atoms with Gasteiger partial charge in [0.05, 0.1) is 17.4 Å². The quantitative estimate of drug-likeness (QED) is 0.631. The zero-order chi connectivity index (χ0) is 19.7. The van der Waals surface area contributed by atoms with Gasteiger partial charge in [0.15, 0.2) is 24.8 Å². The molecule has 0 saturated heterocycles. The van der Waals surface area contributed by atoms with E-state index in [0.717, 1.165) is 0 Å².